The minimum Gasteiger partial charge on any atom is -0.497 e. The first-order valence-electron chi connectivity index (χ1n) is 14.2. The predicted octanol–water partition coefficient (Wildman–Crippen LogP) is 9.69. The summed E-state index contributed by atoms with van der Waals surface area (Å²) in [6.45, 7) is 2.14. The first-order chi connectivity index (χ1) is 21.1. The van der Waals surface area contributed by atoms with Crippen LogP contribution in [0.5, 0.6) is 5.75 Å². The van der Waals surface area contributed by atoms with Crippen molar-refractivity contribution in [2.45, 2.75) is 16.7 Å². The van der Waals surface area contributed by atoms with E-state index >= 15 is 0 Å². The van der Waals surface area contributed by atoms with E-state index in [1.807, 2.05) is 24.3 Å². The molecular formula is C37H28N2O3S. The smallest absolute Gasteiger partial charge is 0.338 e. The number of carbonyl (C=O) groups is 1. The zero-order chi connectivity index (χ0) is 29.3. The summed E-state index contributed by atoms with van der Waals surface area (Å²) in [5, 5.41) is 1.04. The van der Waals surface area contributed by atoms with Crippen LogP contribution >= 0.6 is 11.8 Å². The second-order valence-electron chi connectivity index (χ2n) is 10.1. The number of fused-ring (bicyclic) bond motifs is 3. The number of methoxy groups -OCH3 is 1. The van der Waals surface area contributed by atoms with Crippen molar-refractivity contribution in [3.8, 4) is 28.1 Å². The summed E-state index contributed by atoms with van der Waals surface area (Å²) in [7, 11) is 1.67. The lowest BCUT2D eigenvalue weighted by Gasteiger charge is -2.33. The van der Waals surface area contributed by atoms with Gasteiger partial charge in [0.15, 0.2) is 0 Å². The minimum absolute atomic E-state index is 0.331. The van der Waals surface area contributed by atoms with Gasteiger partial charge < -0.3 is 14.4 Å². The molecule has 5 nitrogen and oxygen atoms in total. The molecule has 0 N–H and O–H groups in total. The highest BCUT2D eigenvalue weighted by atomic mass is 32.2. The fraction of sp³-hybridized carbons (Fsp3) is 0.0811. The normalized spacial score (nSPS) is 12.0. The molecule has 5 aromatic carbocycles. The van der Waals surface area contributed by atoms with Crippen LogP contribution in [-0.2, 0) is 4.74 Å². The summed E-state index contributed by atoms with van der Waals surface area (Å²) in [5.74, 6) is 0.471. The maximum Gasteiger partial charge on any atom is 0.338 e. The van der Waals surface area contributed by atoms with Crippen molar-refractivity contribution in [1.29, 1.82) is 0 Å². The number of anilines is 3. The molecule has 1 aliphatic heterocycles. The number of nitrogens with zero attached hydrogens (tertiary/aromatic N) is 2. The van der Waals surface area contributed by atoms with Gasteiger partial charge >= 0.3 is 5.97 Å². The highest BCUT2D eigenvalue weighted by Gasteiger charge is 2.26. The van der Waals surface area contributed by atoms with Crippen LogP contribution in [0.1, 0.15) is 17.3 Å². The Bertz CT molecular complexity index is 1920. The van der Waals surface area contributed by atoms with Gasteiger partial charge in [-0.3, -0.25) is 0 Å². The number of pyridine rings is 1. The molecule has 6 aromatic rings. The first kappa shape index (κ1) is 26.8. The molecule has 0 bridgehead atoms. The molecule has 210 valence electrons. The topological polar surface area (TPSA) is 51.7 Å². The van der Waals surface area contributed by atoms with Gasteiger partial charge in [0.05, 0.1) is 47.6 Å². The lowest BCUT2D eigenvalue weighted by atomic mass is 9.97. The maximum atomic E-state index is 12.3. The molecule has 0 saturated heterocycles. The fourth-order valence-corrected chi connectivity index (χ4v) is 6.58. The average Bonchev–Trinajstić information content (AvgIpc) is 3.06. The van der Waals surface area contributed by atoms with E-state index in [2.05, 4.69) is 89.8 Å². The Morgan fingerprint density at radius 1 is 0.744 bits per heavy atom. The van der Waals surface area contributed by atoms with Crippen LogP contribution in [0.15, 0.2) is 131 Å². The Labute approximate surface area is 254 Å². The molecule has 2 heterocycles. The van der Waals surface area contributed by atoms with Gasteiger partial charge in [-0.25, -0.2) is 9.78 Å². The number of hydrogen-bond acceptors (Lipinski definition) is 6. The Hall–Kier alpha value is -5.07. The van der Waals surface area contributed by atoms with Gasteiger partial charge in [-0.15, -0.1) is 0 Å². The number of hydrogen-bond donors (Lipinski definition) is 0. The average molecular weight is 581 g/mol. The second kappa shape index (κ2) is 11.3. The van der Waals surface area contributed by atoms with E-state index in [1.165, 1.54) is 9.79 Å². The van der Waals surface area contributed by atoms with E-state index in [0.29, 0.717) is 12.2 Å². The van der Waals surface area contributed by atoms with Crippen molar-refractivity contribution in [2.24, 2.45) is 0 Å². The number of esters is 1. The molecule has 1 aromatic heterocycles. The number of carbonyl (C=O) groups excluding carboxylic acids is 1. The second-order valence-corrected chi connectivity index (χ2v) is 11.2. The van der Waals surface area contributed by atoms with E-state index in [0.717, 1.165) is 56.1 Å². The number of aromatic nitrogens is 1. The van der Waals surface area contributed by atoms with Crippen LogP contribution in [0.2, 0.25) is 0 Å². The summed E-state index contributed by atoms with van der Waals surface area (Å²) in [6, 6.07) is 41.1. The van der Waals surface area contributed by atoms with Crippen molar-refractivity contribution in [3.63, 3.8) is 0 Å². The molecule has 0 radical (unpaired) electrons. The zero-order valence-electron chi connectivity index (χ0n) is 23.8. The molecule has 0 unspecified atom stereocenters. The van der Waals surface area contributed by atoms with E-state index in [-0.39, 0.29) is 5.97 Å². The Kier molecular flexibility index (Phi) is 7.05. The van der Waals surface area contributed by atoms with Crippen molar-refractivity contribution < 1.29 is 14.3 Å². The highest BCUT2D eigenvalue weighted by Crippen LogP contribution is 2.52. The van der Waals surface area contributed by atoms with Gasteiger partial charge in [0.1, 0.15) is 5.75 Å². The van der Waals surface area contributed by atoms with E-state index in [1.54, 1.807) is 37.9 Å². The van der Waals surface area contributed by atoms with Crippen LogP contribution < -0.4 is 9.64 Å². The molecule has 0 saturated carbocycles. The standard InChI is InChI=1S/C37H28N2O3S/c1-3-42-37(40)26-17-15-25(16-18-26)30-23-29(24-19-21-27(41-2)22-20-24)28-9-8-12-33(36(28)38-30)39-31-10-4-6-13-34(31)43-35-14-7-5-11-32(35)39/h4-23H,3H2,1-2H3. The number of ether oxygens (including phenoxy) is 2. The van der Waals surface area contributed by atoms with Crippen molar-refractivity contribution >= 4 is 45.7 Å². The third kappa shape index (κ3) is 4.90. The van der Waals surface area contributed by atoms with Crippen molar-refractivity contribution in [3.05, 3.63) is 127 Å². The molecule has 0 fully saturated rings. The Morgan fingerprint density at radius 2 is 1.37 bits per heavy atom. The van der Waals surface area contributed by atoms with Gasteiger partial charge in [0.25, 0.3) is 0 Å². The van der Waals surface area contributed by atoms with E-state index < -0.39 is 0 Å². The quantitative estimate of drug-likeness (QED) is 0.183. The van der Waals surface area contributed by atoms with Gasteiger partial charge in [-0.1, -0.05) is 72.4 Å². The van der Waals surface area contributed by atoms with Crippen LogP contribution in [-0.4, -0.2) is 24.7 Å². The summed E-state index contributed by atoms with van der Waals surface area (Å²) in [5.41, 5.74) is 8.49. The third-order valence-electron chi connectivity index (χ3n) is 7.58. The lowest BCUT2D eigenvalue weighted by molar-refractivity contribution is 0.0526. The molecule has 6 heteroatoms. The van der Waals surface area contributed by atoms with Crippen LogP contribution in [0, 0.1) is 0 Å². The SMILES string of the molecule is CCOC(=O)c1ccc(-c2cc(-c3ccc(OC)cc3)c3cccc(N4c5ccccc5Sc5ccccc54)c3n2)cc1. The number of para-hydroxylation sites is 3. The molecule has 7 rings (SSSR count). The molecule has 1 aliphatic rings. The first-order valence-corrected chi connectivity index (χ1v) is 15.0. The van der Waals surface area contributed by atoms with Crippen molar-refractivity contribution in [2.75, 3.05) is 18.6 Å². The summed E-state index contributed by atoms with van der Waals surface area (Å²) >= 11 is 1.79. The third-order valence-corrected chi connectivity index (χ3v) is 8.71. The minimum atomic E-state index is -0.331. The van der Waals surface area contributed by atoms with Crippen LogP contribution in [0.3, 0.4) is 0 Å². The number of benzene rings is 5. The van der Waals surface area contributed by atoms with Crippen LogP contribution in [0.25, 0.3) is 33.3 Å². The largest absolute Gasteiger partial charge is 0.497 e. The van der Waals surface area contributed by atoms with E-state index in [4.69, 9.17) is 14.5 Å². The van der Waals surface area contributed by atoms with Crippen molar-refractivity contribution in [1.82, 2.24) is 4.98 Å². The fourth-order valence-electron chi connectivity index (χ4n) is 5.53. The van der Waals surface area contributed by atoms with Crippen LogP contribution in [0.4, 0.5) is 17.1 Å². The molecule has 0 aliphatic carbocycles. The lowest BCUT2D eigenvalue weighted by Crippen LogP contribution is -2.15. The summed E-state index contributed by atoms with van der Waals surface area (Å²) in [6.07, 6.45) is 0. The summed E-state index contributed by atoms with van der Waals surface area (Å²) < 4.78 is 10.6. The number of rotatable bonds is 6. The van der Waals surface area contributed by atoms with Gasteiger partial charge in [-0.05, 0) is 78.7 Å². The molecule has 0 spiro atoms. The highest BCUT2D eigenvalue weighted by molar-refractivity contribution is 7.99. The monoisotopic (exact) mass is 580 g/mol. The summed E-state index contributed by atoms with van der Waals surface area (Å²) in [4.78, 5) is 22.3. The maximum absolute atomic E-state index is 12.3. The zero-order valence-corrected chi connectivity index (χ0v) is 24.6. The molecular weight excluding hydrogens is 552 g/mol. The Balaban J connectivity index is 1.47. The predicted molar refractivity (Wildman–Crippen MR) is 174 cm³/mol. The molecule has 0 amide bonds. The van der Waals surface area contributed by atoms with Gasteiger partial charge in [-0.2, -0.15) is 0 Å². The molecule has 43 heavy (non-hydrogen) atoms. The Morgan fingerprint density at radius 3 is 2.02 bits per heavy atom. The van der Waals surface area contributed by atoms with Gasteiger partial charge in [0, 0.05) is 20.7 Å². The van der Waals surface area contributed by atoms with E-state index in [9.17, 15) is 4.79 Å². The molecule has 0 atom stereocenters. The van der Waals surface area contributed by atoms with Gasteiger partial charge in [0.2, 0.25) is 0 Å².